The van der Waals surface area contributed by atoms with Gasteiger partial charge >= 0.3 is 0 Å². The Morgan fingerprint density at radius 3 is 2.46 bits per heavy atom. The van der Waals surface area contributed by atoms with Crippen LogP contribution in [0.25, 0.3) is 0 Å². The largest absolute Gasteiger partial charge is 0.494 e. The van der Waals surface area contributed by atoms with Crippen LogP contribution in [0.3, 0.4) is 0 Å². The average Bonchev–Trinajstić information content (AvgIpc) is 2.88. The Morgan fingerprint density at radius 2 is 1.77 bits per heavy atom. The van der Waals surface area contributed by atoms with Crippen LogP contribution in [0.4, 0.5) is 5.69 Å². The molecule has 0 fully saturated rings. The number of nitrogens with one attached hydrogen (secondary N) is 1. The number of sulfonamides is 1. The standard InChI is InChI=1S/C27H30N2O4S2/c1-3-33-22-13-11-21(12-14-22)29(35(31,32)24-17-15-23(34-2)16-18-24)19-27(30)28-26-10-6-8-20-7-4-5-9-25(20)26/h4-5,7,9,11-18,26H,3,6,8,10,19H2,1-2H3,(H,28,30). The second-order valence-corrected chi connectivity index (χ2v) is 11.1. The first-order chi connectivity index (χ1) is 16.9. The molecule has 1 atom stereocenters. The molecule has 0 saturated carbocycles. The lowest BCUT2D eigenvalue weighted by atomic mass is 9.88. The van der Waals surface area contributed by atoms with Gasteiger partial charge in [0.1, 0.15) is 12.3 Å². The summed E-state index contributed by atoms with van der Waals surface area (Å²) in [7, 11) is -3.98. The van der Waals surface area contributed by atoms with Gasteiger partial charge in [-0.15, -0.1) is 11.8 Å². The Bertz CT molecular complexity index is 1260. The van der Waals surface area contributed by atoms with Crippen LogP contribution < -0.4 is 14.4 Å². The molecule has 3 aromatic carbocycles. The number of carbonyl (C=O) groups excluding carboxylic acids is 1. The third-order valence-corrected chi connectivity index (χ3v) is 8.61. The van der Waals surface area contributed by atoms with Gasteiger partial charge in [0.2, 0.25) is 5.91 Å². The summed E-state index contributed by atoms with van der Waals surface area (Å²) >= 11 is 1.54. The summed E-state index contributed by atoms with van der Waals surface area (Å²) in [6.07, 6.45) is 4.73. The SMILES string of the molecule is CCOc1ccc(N(CC(=O)NC2CCCc3ccccc32)S(=O)(=O)c2ccc(SC)cc2)cc1. The fraction of sp³-hybridized carbons (Fsp3) is 0.296. The molecule has 0 aromatic heterocycles. The Balaban J connectivity index is 1.62. The number of anilines is 1. The number of aryl methyl sites for hydroxylation is 1. The smallest absolute Gasteiger partial charge is 0.264 e. The molecule has 1 amide bonds. The van der Waals surface area contributed by atoms with E-state index in [1.54, 1.807) is 48.5 Å². The highest BCUT2D eigenvalue weighted by Gasteiger charge is 2.29. The Labute approximate surface area is 211 Å². The summed E-state index contributed by atoms with van der Waals surface area (Å²) in [6.45, 7) is 2.07. The number of benzene rings is 3. The zero-order valence-electron chi connectivity index (χ0n) is 19.9. The van der Waals surface area contributed by atoms with E-state index < -0.39 is 10.0 Å². The molecule has 0 spiro atoms. The normalized spacial score (nSPS) is 15.2. The molecule has 1 unspecified atom stereocenters. The summed E-state index contributed by atoms with van der Waals surface area (Å²) < 4.78 is 34.0. The molecule has 0 radical (unpaired) electrons. The van der Waals surface area contributed by atoms with Crippen molar-refractivity contribution in [3.05, 3.63) is 83.9 Å². The lowest BCUT2D eigenvalue weighted by Gasteiger charge is -2.29. The molecule has 3 aromatic rings. The molecule has 8 heteroatoms. The minimum atomic E-state index is -3.98. The molecule has 6 nitrogen and oxygen atoms in total. The van der Waals surface area contributed by atoms with Gasteiger partial charge in [-0.05, 0) is 92.1 Å². The Kier molecular flexibility index (Phi) is 8.03. The van der Waals surface area contributed by atoms with Gasteiger partial charge in [-0.1, -0.05) is 24.3 Å². The predicted octanol–water partition coefficient (Wildman–Crippen LogP) is 5.20. The second-order valence-electron chi connectivity index (χ2n) is 8.33. The van der Waals surface area contributed by atoms with E-state index in [1.165, 1.54) is 21.6 Å². The van der Waals surface area contributed by atoms with Crippen molar-refractivity contribution in [3.63, 3.8) is 0 Å². The van der Waals surface area contributed by atoms with Crippen molar-refractivity contribution in [2.75, 3.05) is 23.7 Å². The van der Waals surface area contributed by atoms with Crippen LogP contribution in [0.2, 0.25) is 0 Å². The fourth-order valence-electron chi connectivity index (χ4n) is 4.34. The average molecular weight is 511 g/mol. The monoisotopic (exact) mass is 510 g/mol. The van der Waals surface area contributed by atoms with Gasteiger partial charge in [0.25, 0.3) is 10.0 Å². The third kappa shape index (κ3) is 5.82. The highest BCUT2D eigenvalue weighted by atomic mass is 32.2. The van der Waals surface area contributed by atoms with Gasteiger partial charge < -0.3 is 10.1 Å². The summed E-state index contributed by atoms with van der Waals surface area (Å²) in [5.41, 5.74) is 2.74. The number of hydrogen-bond acceptors (Lipinski definition) is 5. The number of amides is 1. The molecule has 184 valence electrons. The molecule has 1 N–H and O–H groups in total. The van der Waals surface area contributed by atoms with Crippen molar-refractivity contribution in [1.82, 2.24) is 5.32 Å². The van der Waals surface area contributed by atoms with E-state index in [1.807, 2.05) is 31.4 Å². The van der Waals surface area contributed by atoms with E-state index in [2.05, 4.69) is 11.4 Å². The molecular weight excluding hydrogens is 480 g/mol. The zero-order valence-corrected chi connectivity index (χ0v) is 21.6. The van der Waals surface area contributed by atoms with Crippen molar-refractivity contribution in [1.29, 1.82) is 0 Å². The minimum Gasteiger partial charge on any atom is -0.494 e. The molecule has 0 bridgehead atoms. The van der Waals surface area contributed by atoms with Crippen LogP contribution in [-0.2, 0) is 21.2 Å². The van der Waals surface area contributed by atoms with Crippen molar-refractivity contribution in [2.24, 2.45) is 0 Å². The number of thioether (sulfide) groups is 1. The molecule has 4 rings (SSSR count). The van der Waals surface area contributed by atoms with E-state index in [0.29, 0.717) is 18.0 Å². The molecule has 1 aliphatic rings. The van der Waals surface area contributed by atoms with Gasteiger partial charge in [0.15, 0.2) is 0 Å². The highest BCUT2D eigenvalue weighted by Crippen LogP contribution is 2.30. The Morgan fingerprint density at radius 1 is 1.06 bits per heavy atom. The molecule has 0 saturated heterocycles. The fourth-order valence-corrected chi connectivity index (χ4v) is 6.17. The van der Waals surface area contributed by atoms with Gasteiger partial charge in [-0.2, -0.15) is 0 Å². The maximum Gasteiger partial charge on any atom is 0.264 e. The summed E-state index contributed by atoms with van der Waals surface area (Å²) in [5.74, 6) is 0.297. The molecule has 35 heavy (non-hydrogen) atoms. The summed E-state index contributed by atoms with van der Waals surface area (Å²) in [5, 5.41) is 3.08. The summed E-state index contributed by atoms with van der Waals surface area (Å²) in [4.78, 5) is 14.3. The van der Waals surface area contributed by atoms with Crippen LogP contribution >= 0.6 is 11.8 Å². The first-order valence-corrected chi connectivity index (χ1v) is 14.4. The molecule has 1 aliphatic carbocycles. The Hall–Kier alpha value is -2.97. The minimum absolute atomic E-state index is 0.127. The van der Waals surface area contributed by atoms with Gasteiger partial charge in [0, 0.05) is 4.90 Å². The van der Waals surface area contributed by atoms with Crippen molar-refractivity contribution in [2.45, 2.75) is 42.0 Å². The number of ether oxygens (including phenoxy) is 1. The first-order valence-electron chi connectivity index (χ1n) is 11.7. The van der Waals surface area contributed by atoms with E-state index >= 15 is 0 Å². The van der Waals surface area contributed by atoms with Crippen molar-refractivity contribution >= 4 is 33.4 Å². The highest BCUT2D eigenvalue weighted by molar-refractivity contribution is 7.98. The number of carbonyl (C=O) groups is 1. The lowest BCUT2D eigenvalue weighted by Crippen LogP contribution is -2.42. The van der Waals surface area contributed by atoms with E-state index in [4.69, 9.17) is 4.74 Å². The first kappa shape index (κ1) is 25.1. The van der Waals surface area contributed by atoms with E-state index in [-0.39, 0.29) is 23.4 Å². The van der Waals surface area contributed by atoms with Crippen LogP contribution in [0, 0.1) is 0 Å². The van der Waals surface area contributed by atoms with Gasteiger partial charge in [-0.25, -0.2) is 8.42 Å². The van der Waals surface area contributed by atoms with E-state index in [9.17, 15) is 13.2 Å². The number of rotatable bonds is 9. The van der Waals surface area contributed by atoms with Crippen LogP contribution in [0.1, 0.15) is 36.9 Å². The van der Waals surface area contributed by atoms with Crippen LogP contribution in [0.15, 0.2) is 82.6 Å². The molecular formula is C27H30N2O4S2. The van der Waals surface area contributed by atoms with Crippen molar-refractivity contribution < 1.29 is 17.9 Å². The van der Waals surface area contributed by atoms with Crippen molar-refractivity contribution in [3.8, 4) is 5.75 Å². The molecule has 0 aliphatic heterocycles. The number of fused-ring (bicyclic) bond motifs is 1. The van der Waals surface area contributed by atoms with Gasteiger partial charge in [0.05, 0.1) is 23.2 Å². The maximum absolute atomic E-state index is 13.7. The van der Waals surface area contributed by atoms with Gasteiger partial charge in [-0.3, -0.25) is 9.10 Å². The second kappa shape index (κ2) is 11.2. The van der Waals surface area contributed by atoms with E-state index in [0.717, 1.165) is 29.7 Å². The third-order valence-electron chi connectivity index (χ3n) is 6.07. The number of nitrogens with zero attached hydrogens (tertiary/aromatic N) is 1. The topological polar surface area (TPSA) is 75.7 Å². The maximum atomic E-state index is 13.7. The molecule has 0 heterocycles. The number of hydrogen-bond donors (Lipinski definition) is 1. The zero-order chi connectivity index (χ0) is 24.8. The quantitative estimate of drug-likeness (QED) is 0.401. The van der Waals surface area contributed by atoms with Crippen LogP contribution in [-0.4, -0.2) is 33.7 Å². The lowest BCUT2D eigenvalue weighted by molar-refractivity contribution is -0.120. The predicted molar refractivity (Wildman–Crippen MR) is 141 cm³/mol. The summed E-state index contributed by atoms with van der Waals surface area (Å²) in [6, 6.07) is 21.4. The van der Waals surface area contributed by atoms with Crippen LogP contribution in [0.5, 0.6) is 5.75 Å².